The Bertz CT molecular complexity index is 1100. The third kappa shape index (κ3) is 4.54. The first kappa shape index (κ1) is 23.5. The maximum absolute atomic E-state index is 13.3. The van der Waals surface area contributed by atoms with E-state index in [1.165, 1.54) is 11.9 Å². The second-order valence-electron chi connectivity index (χ2n) is 7.92. The highest BCUT2D eigenvalue weighted by atomic mass is 16.4. The number of carbonyl (C=O) groups is 4. The van der Waals surface area contributed by atoms with Gasteiger partial charge in [-0.2, -0.15) is 0 Å². The number of hydrogen-bond donors (Lipinski definition) is 4. The number of nitrogen functional groups attached to an aromatic ring is 1. The number of nitrogens with one attached hydrogen (secondary N) is 2. The lowest BCUT2D eigenvalue weighted by molar-refractivity contribution is -0.139. The van der Waals surface area contributed by atoms with Crippen molar-refractivity contribution in [1.82, 2.24) is 15.1 Å². The maximum Gasteiger partial charge on any atom is 0.328 e. The predicted molar refractivity (Wildman–Crippen MR) is 119 cm³/mol. The molecular formula is C23H25N5O5. The van der Waals surface area contributed by atoms with Gasteiger partial charge in [-0.05, 0) is 18.1 Å². The van der Waals surface area contributed by atoms with Gasteiger partial charge in [0.05, 0.1) is 12.5 Å². The van der Waals surface area contributed by atoms with Crippen LogP contribution in [-0.2, 0) is 19.9 Å². The Morgan fingerprint density at radius 2 is 1.73 bits per heavy atom. The first-order valence-electron chi connectivity index (χ1n) is 10.2. The quantitative estimate of drug-likeness (QED) is 0.270. The number of nitrogens with zero attached hydrogens (tertiary/aromatic N) is 2. The Balaban J connectivity index is 1.80. The minimum atomic E-state index is -1.35. The third-order valence-electron chi connectivity index (χ3n) is 5.83. The van der Waals surface area contributed by atoms with Crippen molar-refractivity contribution in [2.75, 3.05) is 13.6 Å². The van der Waals surface area contributed by atoms with Crippen LogP contribution in [0.2, 0.25) is 0 Å². The van der Waals surface area contributed by atoms with Crippen LogP contribution in [0.1, 0.15) is 36.1 Å². The summed E-state index contributed by atoms with van der Waals surface area (Å²) in [6.07, 6.45) is -0.349. The molecule has 4 amide bonds. The SMILES string of the molecule is CN1C(=O)N(CC(=O)N[C@@H](CC(=O)O)c2ccccc2)C(=O)[C@]1(C)c1ccc(C(=N)N)cc1. The Labute approximate surface area is 190 Å². The van der Waals surface area contributed by atoms with Crippen molar-refractivity contribution >= 4 is 29.7 Å². The van der Waals surface area contributed by atoms with Crippen molar-refractivity contribution < 1.29 is 24.3 Å². The van der Waals surface area contributed by atoms with E-state index < -0.39 is 41.9 Å². The van der Waals surface area contributed by atoms with Crippen LogP contribution in [0, 0.1) is 5.41 Å². The van der Waals surface area contributed by atoms with Crippen LogP contribution in [0.4, 0.5) is 4.79 Å². The molecule has 0 spiro atoms. The molecule has 2 aromatic carbocycles. The fraction of sp³-hybridized carbons (Fsp3) is 0.261. The van der Waals surface area contributed by atoms with Gasteiger partial charge in [0.2, 0.25) is 5.91 Å². The number of carboxylic acids is 1. The van der Waals surface area contributed by atoms with E-state index in [1.807, 2.05) is 0 Å². The van der Waals surface area contributed by atoms with Crippen molar-refractivity contribution in [3.8, 4) is 0 Å². The molecule has 10 nitrogen and oxygen atoms in total. The summed E-state index contributed by atoms with van der Waals surface area (Å²) in [5, 5.41) is 19.3. The van der Waals surface area contributed by atoms with Gasteiger partial charge >= 0.3 is 12.0 Å². The molecule has 0 radical (unpaired) electrons. The summed E-state index contributed by atoms with van der Waals surface area (Å²) in [4.78, 5) is 52.2. The van der Waals surface area contributed by atoms with Gasteiger partial charge in [-0.25, -0.2) is 4.79 Å². The normalized spacial score (nSPS) is 18.8. The number of urea groups is 1. The molecule has 1 aliphatic heterocycles. The number of amides is 4. The predicted octanol–water partition coefficient (Wildman–Crippen LogP) is 1.41. The first-order valence-corrected chi connectivity index (χ1v) is 10.2. The zero-order valence-electron chi connectivity index (χ0n) is 18.2. The van der Waals surface area contributed by atoms with Crippen molar-refractivity contribution in [1.29, 1.82) is 5.41 Å². The Kier molecular flexibility index (Phi) is 6.47. The molecule has 3 rings (SSSR count). The van der Waals surface area contributed by atoms with Gasteiger partial charge in [0.25, 0.3) is 5.91 Å². The lowest BCUT2D eigenvalue weighted by Gasteiger charge is -2.29. The molecule has 1 aliphatic rings. The van der Waals surface area contributed by atoms with Gasteiger partial charge in [-0.15, -0.1) is 0 Å². The number of aliphatic carboxylic acids is 1. The minimum Gasteiger partial charge on any atom is -0.481 e. The Morgan fingerprint density at radius 1 is 1.12 bits per heavy atom. The molecule has 1 fully saturated rings. The molecule has 2 atom stereocenters. The number of carbonyl (C=O) groups excluding carboxylic acids is 3. The maximum atomic E-state index is 13.3. The van der Waals surface area contributed by atoms with Crippen LogP contribution in [0.5, 0.6) is 0 Å². The third-order valence-corrected chi connectivity index (χ3v) is 5.83. The second-order valence-corrected chi connectivity index (χ2v) is 7.92. The zero-order chi connectivity index (χ0) is 24.3. The summed E-state index contributed by atoms with van der Waals surface area (Å²) < 4.78 is 0. The summed E-state index contributed by atoms with van der Waals surface area (Å²) in [5.74, 6) is -2.47. The van der Waals surface area contributed by atoms with Crippen LogP contribution >= 0.6 is 0 Å². The Morgan fingerprint density at radius 3 is 2.27 bits per heavy atom. The number of likely N-dealkylation sites (N-methyl/N-ethyl adjacent to an activating group) is 1. The highest BCUT2D eigenvalue weighted by Gasteiger charge is 2.54. The summed E-state index contributed by atoms with van der Waals surface area (Å²) >= 11 is 0. The van der Waals surface area contributed by atoms with Gasteiger partial charge in [0.15, 0.2) is 0 Å². The summed E-state index contributed by atoms with van der Waals surface area (Å²) in [5.41, 5.74) is 5.70. The topological polar surface area (TPSA) is 157 Å². The second kappa shape index (κ2) is 9.11. The highest BCUT2D eigenvalue weighted by Crippen LogP contribution is 2.36. The fourth-order valence-electron chi connectivity index (χ4n) is 3.79. The lowest BCUT2D eigenvalue weighted by Crippen LogP contribution is -2.44. The van der Waals surface area contributed by atoms with E-state index in [9.17, 15) is 24.3 Å². The van der Waals surface area contributed by atoms with Gasteiger partial charge in [-0.1, -0.05) is 54.6 Å². The van der Waals surface area contributed by atoms with E-state index in [-0.39, 0.29) is 12.3 Å². The molecular weight excluding hydrogens is 426 g/mol. The highest BCUT2D eigenvalue weighted by molar-refractivity contribution is 6.09. The van der Waals surface area contributed by atoms with E-state index in [0.717, 1.165) is 4.90 Å². The van der Waals surface area contributed by atoms with Gasteiger partial charge in [0, 0.05) is 12.6 Å². The zero-order valence-corrected chi connectivity index (χ0v) is 18.2. The monoisotopic (exact) mass is 451 g/mol. The van der Waals surface area contributed by atoms with Crippen LogP contribution in [0.3, 0.4) is 0 Å². The number of hydrogen-bond acceptors (Lipinski definition) is 5. The molecule has 0 bridgehead atoms. The molecule has 0 aliphatic carbocycles. The molecule has 33 heavy (non-hydrogen) atoms. The number of amidine groups is 1. The number of nitrogens with two attached hydrogens (primary N) is 1. The molecule has 172 valence electrons. The number of imide groups is 1. The molecule has 0 aromatic heterocycles. The van der Waals surface area contributed by atoms with Crippen LogP contribution in [0.25, 0.3) is 0 Å². The van der Waals surface area contributed by atoms with E-state index in [0.29, 0.717) is 16.7 Å². The number of rotatable bonds is 8. The molecule has 1 saturated heterocycles. The van der Waals surface area contributed by atoms with Gasteiger partial charge in [0.1, 0.15) is 17.9 Å². The number of carboxylic acid groups (broad SMARTS) is 1. The molecule has 2 aromatic rings. The van der Waals surface area contributed by atoms with E-state index in [1.54, 1.807) is 61.5 Å². The first-order chi connectivity index (χ1) is 15.6. The molecule has 5 N–H and O–H groups in total. The Hall–Kier alpha value is -4.21. The largest absolute Gasteiger partial charge is 0.481 e. The molecule has 1 heterocycles. The average molecular weight is 451 g/mol. The van der Waals surface area contributed by atoms with Crippen molar-refractivity contribution in [2.24, 2.45) is 5.73 Å². The summed E-state index contributed by atoms with van der Waals surface area (Å²) in [6, 6.07) is 13.5. The fourth-order valence-corrected chi connectivity index (χ4v) is 3.79. The van der Waals surface area contributed by atoms with Gasteiger partial charge < -0.3 is 21.1 Å². The average Bonchev–Trinajstić information content (AvgIpc) is 2.95. The lowest BCUT2D eigenvalue weighted by atomic mass is 9.90. The van der Waals surface area contributed by atoms with Crippen LogP contribution < -0.4 is 11.1 Å². The van der Waals surface area contributed by atoms with Gasteiger partial charge in [-0.3, -0.25) is 24.7 Å². The minimum absolute atomic E-state index is 0.124. The number of benzene rings is 2. The van der Waals surface area contributed by atoms with Crippen molar-refractivity contribution in [2.45, 2.75) is 24.9 Å². The van der Waals surface area contributed by atoms with E-state index in [2.05, 4.69) is 5.32 Å². The molecule has 10 heteroatoms. The van der Waals surface area contributed by atoms with Crippen molar-refractivity contribution in [3.05, 3.63) is 71.3 Å². The molecule has 0 unspecified atom stereocenters. The van der Waals surface area contributed by atoms with Crippen molar-refractivity contribution in [3.63, 3.8) is 0 Å². The standard InChI is InChI=1S/C23H25N5O5/c1-23(16-10-8-15(9-11-16)20(24)25)21(32)28(22(33)27(23)2)13-18(29)26-17(12-19(30)31)14-6-4-3-5-7-14/h3-11,17H,12-13H2,1-2H3,(H3,24,25)(H,26,29)(H,30,31)/t17-,23-/m0/s1. The molecule has 0 saturated carbocycles. The van der Waals surface area contributed by atoms with E-state index >= 15 is 0 Å². The van der Waals surface area contributed by atoms with E-state index in [4.69, 9.17) is 11.1 Å². The smallest absolute Gasteiger partial charge is 0.328 e. The summed E-state index contributed by atoms with van der Waals surface area (Å²) in [7, 11) is 1.47. The van der Waals surface area contributed by atoms with Crippen LogP contribution in [-0.4, -0.2) is 58.1 Å². The summed E-state index contributed by atoms with van der Waals surface area (Å²) in [6.45, 7) is 1.02. The van der Waals surface area contributed by atoms with Crippen LogP contribution in [0.15, 0.2) is 54.6 Å².